The number of methoxy groups -OCH3 is 1. The predicted molar refractivity (Wildman–Crippen MR) is 52.3 cm³/mol. The van der Waals surface area contributed by atoms with Crippen molar-refractivity contribution in [2.45, 2.75) is 18.9 Å². The van der Waals surface area contributed by atoms with Gasteiger partial charge in [-0.05, 0) is 0 Å². The van der Waals surface area contributed by atoms with Gasteiger partial charge in [-0.2, -0.15) is 0 Å². The highest BCUT2D eigenvalue weighted by molar-refractivity contribution is 5.76. The van der Waals surface area contributed by atoms with E-state index in [0.717, 1.165) is 0 Å². The highest BCUT2D eigenvalue weighted by atomic mass is 19.3. The highest BCUT2D eigenvalue weighted by Gasteiger charge is 2.11. The summed E-state index contributed by atoms with van der Waals surface area (Å²) >= 11 is 0. The lowest BCUT2D eigenvalue weighted by atomic mass is 10.3. The van der Waals surface area contributed by atoms with Gasteiger partial charge in [0.15, 0.2) is 0 Å². The van der Waals surface area contributed by atoms with E-state index in [2.05, 4.69) is 10.1 Å². The van der Waals surface area contributed by atoms with Crippen molar-refractivity contribution in [3.63, 3.8) is 0 Å². The minimum absolute atomic E-state index is 0.0209. The van der Waals surface area contributed by atoms with Crippen molar-refractivity contribution in [1.82, 2.24) is 5.32 Å². The molecule has 1 unspecified atom stereocenters. The van der Waals surface area contributed by atoms with Crippen LogP contribution < -0.4 is 5.32 Å². The lowest BCUT2D eigenvalue weighted by Crippen LogP contribution is -2.40. The molecule has 1 atom stereocenters. The number of ether oxygens (including phenoxy) is 2. The minimum atomic E-state index is -2.53. The van der Waals surface area contributed by atoms with Crippen molar-refractivity contribution in [2.75, 3.05) is 33.5 Å². The van der Waals surface area contributed by atoms with Crippen molar-refractivity contribution >= 4 is 5.91 Å². The maximum absolute atomic E-state index is 11.6. The van der Waals surface area contributed by atoms with E-state index >= 15 is 0 Å². The zero-order chi connectivity index (χ0) is 12.4. The third-order valence-corrected chi connectivity index (χ3v) is 1.67. The van der Waals surface area contributed by atoms with Gasteiger partial charge >= 0.3 is 0 Å². The van der Waals surface area contributed by atoms with Crippen LogP contribution in [0.5, 0.6) is 0 Å². The number of nitrogens with one attached hydrogen (secondary N) is 1. The van der Waals surface area contributed by atoms with Crippen LogP contribution in [-0.2, 0) is 14.3 Å². The second-order valence-electron chi connectivity index (χ2n) is 3.12. The molecule has 5 nitrogen and oxygen atoms in total. The van der Waals surface area contributed by atoms with Gasteiger partial charge in [0.25, 0.3) is 6.43 Å². The average molecular weight is 241 g/mol. The molecule has 0 spiro atoms. The summed E-state index contributed by atoms with van der Waals surface area (Å²) < 4.78 is 32.6. The zero-order valence-corrected chi connectivity index (χ0v) is 9.12. The lowest BCUT2D eigenvalue weighted by molar-refractivity contribution is -0.124. The lowest BCUT2D eigenvalue weighted by Gasteiger charge is -2.15. The molecule has 0 bridgehead atoms. The highest BCUT2D eigenvalue weighted by Crippen LogP contribution is 1.94. The van der Waals surface area contributed by atoms with Crippen molar-refractivity contribution in [3.05, 3.63) is 0 Å². The standard InChI is InChI=1S/C9H17F2NO4/c1-15-5-7(4-13)12-9(14)2-3-16-6-8(10)11/h7-8,13H,2-6H2,1H3,(H,12,14). The Bertz CT molecular complexity index is 192. The minimum Gasteiger partial charge on any atom is -0.394 e. The second kappa shape index (κ2) is 9.44. The maximum Gasteiger partial charge on any atom is 0.261 e. The number of hydrogen-bond acceptors (Lipinski definition) is 4. The summed E-state index contributed by atoms with van der Waals surface area (Å²) in [4.78, 5) is 11.2. The van der Waals surface area contributed by atoms with Gasteiger partial charge < -0.3 is 19.9 Å². The van der Waals surface area contributed by atoms with E-state index in [4.69, 9.17) is 9.84 Å². The second-order valence-corrected chi connectivity index (χ2v) is 3.12. The van der Waals surface area contributed by atoms with Gasteiger partial charge in [0.2, 0.25) is 5.91 Å². The fourth-order valence-electron chi connectivity index (χ4n) is 0.978. The summed E-state index contributed by atoms with van der Waals surface area (Å²) in [7, 11) is 1.45. The number of carbonyl (C=O) groups excluding carboxylic acids is 1. The summed E-state index contributed by atoms with van der Waals surface area (Å²) in [6.07, 6.45) is -2.55. The summed E-state index contributed by atoms with van der Waals surface area (Å²) in [5, 5.41) is 11.3. The fourth-order valence-corrected chi connectivity index (χ4v) is 0.978. The molecule has 0 aromatic carbocycles. The molecule has 7 heteroatoms. The molecule has 0 aliphatic carbocycles. The molecular formula is C9H17F2NO4. The molecular weight excluding hydrogens is 224 g/mol. The van der Waals surface area contributed by atoms with E-state index in [1.165, 1.54) is 7.11 Å². The first-order chi connectivity index (χ1) is 7.60. The Labute approximate surface area is 92.7 Å². The summed E-state index contributed by atoms with van der Waals surface area (Å²) in [5.41, 5.74) is 0. The van der Waals surface area contributed by atoms with Crippen LogP contribution in [0.3, 0.4) is 0 Å². The Hall–Kier alpha value is -0.790. The number of hydrogen-bond donors (Lipinski definition) is 2. The average Bonchev–Trinajstić information content (AvgIpc) is 2.23. The van der Waals surface area contributed by atoms with Gasteiger partial charge in [-0.1, -0.05) is 0 Å². The smallest absolute Gasteiger partial charge is 0.261 e. The van der Waals surface area contributed by atoms with E-state index in [1.54, 1.807) is 0 Å². The molecule has 0 fully saturated rings. The molecule has 0 radical (unpaired) electrons. The monoisotopic (exact) mass is 241 g/mol. The van der Waals surface area contributed by atoms with Crippen LogP contribution in [0, 0.1) is 0 Å². The summed E-state index contributed by atoms with van der Waals surface area (Å²) in [6.45, 7) is -0.784. The predicted octanol–water partition coefficient (Wildman–Crippen LogP) is -0.218. The summed E-state index contributed by atoms with van der Waals surface area (Å²) in [6, 6.07) is -0.479. The normalized spacial score (nSPS) is 12.8. The van der Waals surface area contributed by atoms with Crippen LogP contribution in [0.25, 0.3) is 0 Å². The number of amides is 1. The molecule has 0 saturated heterocycles. The van der Waals surface area contributed by atoms with E-state index in [1.807, 2.05) is 0 Å². The van der Waals surface area contributed by atoms with Crippen molar-refractivity contribution in [2.24, 2.45) is 0 Å². The van der Waals surface area contributed by atoms with Crippen LogP contribution in [0.4, 0.5) is 8.78 Å². The van der Waals surface area contributed by atoms with Crippen LogP contribution in [0.15, 0.2) is 0 Å². The van der Waals surface area contributed by atoms with Gasteiger partial charge in [-0.25, -0.2) is 8.78 Å². The Morgan fingerprint density at radius 3 is 2.62 bits per heavy atom. The van der Waals surface area contributed by atoms with Crippen LogP contribution >= 0.6 is 0 Å². The number of carbonyl (C=O) groups is 1. The first kappa shape index (κ1) is 15.2. The number of halogens is 2. The zero-order valence-electron chi connectivity index (χ0n) is 9.12. The van der Waals surface area contributed by atoms with Crippen LogP contribution in [0.2, 0.25) is 0 Å². The largest absolute Gasteiger partial charge is 0.394 e. The number of alkyl halides is 2. The molecule has 1 amide bonds. The molecule has 0 aromatic rings. The van der Waals surface area contributed by atoms with E-state index in [-0.39, 0.29) is 32.1 Å². The quantitative estimate of drug-likeness (QED) is 0.548. The summed E-state index contributed by atoms with van der Waals surface area (Å²) in [5.74, 6) is -0.370. The Balaban J connectivity index is 3.56. The molecule has 0 aliphatic rings. The third kappa shape index (κ3) is 8.51. The first-order valence-electron chi connectivity index (χ1n) is 4.85. The van der Waals surface area contributed by atoms with Crippen LogP contribution in [0.1, 0.15) is 6.42 Å². The Morgan fingerprint density at radius 2 is 2.12 bits per heavy atom. The molecule has 0 saturated carbocycles. The van der Waals surface area contributed by atoms with Crippen molar-refractivity contribution in [3.8, 4) is 0 Å². The maximum atomic E-state index is 11.6. The molecule has 0 aliphatic heterocycles. The number of aliphatic hydroxyl groups excluding tert-OH is 1. The molecule has 0 aromatic heterocycles. The van der Waals surface area contributed by atoms with Crippen molar-refractivity contribution in [1.29, 1.82) is 0 Å². The van der Waals surface area contributed by atoms with Gasteiger partial charge in [0.05, 0.1) is 25.9 Å². The molecule has 0 rings (SSSR count). The fraction of sp³-hybridized carbons (Fsp3) is 0.889. The first-order valence-corrected chi connectivity index (χ1v) is 4.85. The number of rotatable bonds is 9. The Kier molecular flexibility index (Phi) is 8.97. The molecule has 16 heavy (non-hydrogen) atoms. The van der Waals surface area contributed by atoms with Gasteiger partial charge in [-0.3, -0.25) is 4.79 Å². The Morgan fingerprint density at radius 1 is 1.44 bits per heavy atom. The van der Waals surface area contributed by atoms with Crippen molar-refractivity contribution < 1.29 is 28.2 Å². The van der Waals surface area contributed by atoms with E-state index in [9.17, 15) is 13.6 Å². The topological polar surface area (TPSA) is 67.8 Å². The van der Waals surface area contributed by atoms with E-state index < -0.39 is 19.1 Å². The third-order valence-electron chi connectivity index (χ3n) is 1.67. The SMILES string of the molecule is COCC(CO)NC(=O)CCOCC(F)F. The molecule has 0 heterocycles. The van der Waals surface area contributed by atoms with Gasteiger partial charge in [0.1, 0.15) is 6.61 Å². The van der Waals surface area contributed by atoms with Gasteiger partial charge in [0, 0.05) is 13.5 Å². The number of aliphatic hydroxyl groups is 1. The molecule has 2 N–H and O–H groups in total. The van der Waals surface area contributed by atoms with E-state index in [0.29, 0.717) is 0 Å². The van der Waals surface area contributed by atoms with Gasteiger partial charge in [-0.15, -0.1) is 0 Å². The molecule has 96 valence electrons. The van der Waals surface area contributed by atoms with Crippen LogP contribution in [-0.4, -0.2) is 57.0 Å².